The van der Waals surface area contributed by atoms with Gasteiger partial charge in [-0.3, -0.25) is 4.21 Å². The van der Waals surface area contributed by atoms with Gasteiger partial charge in [0.05, 0.1) is 22.3 Å². The van der Waals surface area contributed by atoms with Crippen molar-refractivity contribution in [2.45, 2.75) is 30.6 Å². The Balaban J connectivity index is 1.73. The minimum Gasteiger partial charge on any atom is -0.493 e. The van der Waals surface area contributed by atoms with Crippen molar-refractivity contribution >= 4 is 10.8 Å². The monoisotopic (exact) mass is 299 g/mol. The number of hydrogen-bond donors (Lipinski definition) is 1. The molecule has 1 saturated heterocycles. The molecule has 0 bridgehead atoms. The van der Waals surface area contributed by atoms with Gasteiger partial charge >= 0.3 is 0 Å². The summed E-state index contributed by atoms with van der Waals surface area (Å²) in [6.07, 6.45) is 6.12. The summed E-state index contributed by atoms with van der Waals surface area (Å²) in [5, 5.41) is 3.35. The highest BCUT2D eigenvalue weighted by atomic mass is 32.2. The highest BCUT2D eigenvalue weighted by molar-refractivity contribution is 7.84. The van der Waals surface area contributed by atoms with E-state index >= 15 is 0 Å². The van der Waals surface area contributed by atoms with Gasteiger partial charge in [-0.05, 0) is 56.8 Å². The number of hydrogen-bond acceptors (Lipinski definition) is 3. The maximum atomic E-state index is 13.6. The van der Waals surface area contributed by atoms with Gasteiger partial charge in [-0.25, -0.2) is 4.39 Å². The summed E-state index contributed by atoms with van der Waals surface area (Å²) in [5.74, 6) is 0.852. The molecule has 1 N–H and O–H groups in total. The van der Waals surface area contributed by atoms with E-state index < -0.39 is 16.6 Å². The van der Waals surface area contributed by atoms with Crippen LogP contribution in [0.1, 0.15) is 25.7 Å². The minimum absolute atomic E-state index is 0.229. The number of benzene rings is 1. The van der Waals surface area contributed by atoms with E-state index in [-0.39, 0.29) is 4.90 Å². The molecule has 0 aliphatic carbocycles. The Morgan fingerprint density at radius 3 is 2.80 bits per heavy atom. The van der Waals surface area contributed by atoms with Crippen LogP contribution in [0, 0.1) is 11.7 Å². The minimum atomic E-state index is -1.30. The van der Waals surface area contributed by atoms with Crippen LogP contribution in [-0.4, -0.2) is 30.2 Å². The van der Waals surface area contributed by atoms with E-state index in [9.17, 15) is 8.60 Å². The van der Waals surface area contributed by atoms with Crippen LogP contribution in [0.15, 0.2) is 23.1 Å². The Labute approximate surface area is 122 Å². The van der Waals surface area contributed by atoms with Crippen molar-refractivity contribution in [2.24, 2.45) is 5.92 Å². The summed E-state index contributed by atoms with van der Waals surface area (Å²) in [4.78, 5) is 0.229. The fourth-order valence-electron chi connectivity index (χ4n) is 2.54. The maximum Gasteiger partial charge on any atom is 0.142 e. The van der Waals surface area contributed by atoms with E-state index in [4.69, 9.17) is 4.74 Å². The molecule has 3 nitrogen and oxygen atoms in total. The number of halogens is 1. The van der Waals surface area contributed by atoms with Gasteiger partial charge in [0.2, 0.25) is 0 Å². The van der Waals surface area contributed by atoms with Crippen molar-refractivity contribution in [3.8, 4) is 5.75 Å². The highest BCUT2D eigenvalue weighted by Crippen LogP contribution is 2.21. The summed E-state index contributed by atoms with van der Waals surface area (Å²) in [6.45, 7) is 2.84. The number of rotatable bonds is 6. The maximum absolute atomic E-state index is 13.6. The molecule has 0 aromatic heterocycles. The van der Waals surface area contributed by atoms with Crippen molar-refractivity contribution in [3.05, 3.63) is 24.0 Å². The van der Waals surface area contributed by atoms with E-state index in [0.717, 1.165) is 25.4 Å². The summed E-state index contributed by atoms with van der Waals surface area (Å²) >= 11 is 0. The van der Waals surface area contributed by atoms with E-state index in [1.165, 1.54) is 37.7 Å². The lowest BCUT2D eigenvalue weighted by Crippen LogP contribution is -2.27. The van der Waals surface area contributed by atoms with Crippen molar-refractivity contribution in [3.63, 3.8) is 0 Å². The highest BCUT2D eigenvalue weighted by Gasteiger charge is 2.12. The van der Waals surface area contributed by atoms with Crippen LogP contribution in [0.2, 0.25) is 0 Å². The third kappa shape index (κ3) is 4.56. The van der Waals surface area contributed by atoms with Gasteiger partial charge in [0, 0.05) is 12.3 Å². The molecule has 0 spiro atoms. The quantitative estimate of drug-likeness (QED) is 0.821. The first-order valence-electron chi connectivity index (χ1n) is 7.13. The Bertz CT molecular complexity index is 461. The Morgan fingerprint density at radius 2 is 2.15 bits per heavy atom. The molecule has 20 heavy (non-hydrogen) atoms. The predicted molar refractivity (Wildman–Crippen MR) is 79.1 cm³/mol. The van der Waals surface area contributed by atoms with Crippen molar-refractivity contribution < 1.29 is 13.3 Å². The number of piperidine rings is 1. The number of nitrogens with one attached hydrogen (secondary N) is 1. The van der Waals surface area contributed by atoms with Crippen molar-refractivity contribution in [1.82, 2.24) is 5.32 Å². The van der Waals surface area contributed by atoms with E-state index in [0.29, 0.717) is 12.4 Å². The van der Waals surface area contributed by atoms with Crippen LogP contribution in [0.5, 0.6) is 5.75 Å². The fraction of sp³-hybridized carbons (Fsp3) is 0.600. The molecule has 1 aromatic rings. The summed E-state index contributed by atoms with van der Waals surface area (Å²) in [5.41, 5.74) is 0. The molecule has 1 aliphatic heterocycles. The zero-order valence-electron chi connectivity index (χ0n) is 11.9. The third-order valence-corrected chi connectivity index (χ3v) is 4.65. The van der Waals surface area contributed by atoms with Crippen LogP contribution in [-0.2, 0) is 10.8 Å². The van der Waals surface area contributed by atoms with Crippen LogP contribution in [0.3, 0.4) is 0 Å². The number of ether oxygens (including phenoxy) is 1. The lowest BCUT2D eigenvalue weighted by atomic mass is 9.93. The lowest BCUT2D eigenvalue weighted by molar-refractivity contribution is 0.272. The second-order valence-electron chi connectivity index (χ2n) is 5.23. The largest absolute Gasteiger partial charge is 0.493 e. The van der Waals surface area contributed by atoms with Crippen molar-refractivity contribution in [2.75, 3.05) is 26.0 Å². The van der Waals surface area contributed by atoms with E-state index in [2.05, 4.69) is 5.32 Å². The molecular formula is C15H22FNO2S. The van der Waals surface area contributed by atoms with Crippen LogP contribution in [0.4, 0.5) is 4.39 Å². The zero-order chi connectivity index (χ0) is 14.4. The summed E-state index contributed by atoms with van der Waals surface area (Å²) < 4.78 is 30.4. The van der Waals surface area contributed by atoms with E-state index in [1.54, 1.807) is 6.07 Å². The van der Waals surface area contributed by atoms with Crippen LogP contribution < -0.4 is 10.1 Å². The van der Waals surface area contributed by atoms with Gasteiger partial charge in [-0.15, -0.1) is 0 Å². The summed E-state index contributed by atoms with van der Waals surface area (Å²) in [6, 6.07) is 4.54. The molecule has 1 unspecified atom stereocenters. The zero-order valence-corrected chi connectivity index (χ0v) is 12.7. The lowest BCUT2D eigenvalue weighted by Gasteiger charge is -2.22. The molecule has 112 valence electrons. The molecule has 1 fully saturated rings. The second-order valence-corrected chi connectivity index (χ2v) is 6.58. The first kappa shape index (κ1) is 15.4. The fourth-order valence-corrected chi connectivity index (χ4v) is 3.13. The first-order valence-corrected chi connectivity index (χ1v) is 8.69. The predicted octanol–water partition coefficient (Wildman–Crippen LogP) is 2.72. The third-order valence-electron chi connectivity index (χ3n) is 3.70. The van der Waals surface area contributed by atoms with Gasteiger partial charge in [0.1, 0.15) is 11.6 Å². The topological polar surface area (TPSA) is 38.3 Å². The molecule has 5 heteroatoms. The molecule has 1 aliphatic rings. The van der Waals surface area contributed by atoms with Crippen molar-refractivity contribution in [1.29, 1.82) is 0 Å². The van der Waals surface area contributed by atoms with Crippen LogP contribution in [0.25, 0.3) is 0 Å². The first-order chi connectivity index (χ1) is 9.66. The van der Waals surface area contributed by atoms with Gasteiger partial charge < -0.3 is 10.1 Å². The second kappa shape index (κ2) is 7.74. The molecule has 1 heterocycles. The standard InChI is InChI=1S/C15H22FNO2S/c1-20(18)15-5-4-13(11-14(15)16)19-10-2-3-12-6-8-17-9-7-12/h4-5,11-12,17H,2-3,6-10H2,1H3. The normalized spacial score (nSPS) is 17.9. The average Bonchev–Trinajstić information content (AvgIpc) is 2.44. The van der Waals surface area contributed by atoms with Gasteiger partial charge in [0.25, 0.3) is 0 Å². The van der Waals surface area contributed by atoms with Gasteiger partial charge in [-0.1, -0.05) is 0 Å². The molecule has 0 radical (unpaired) electrons. The average molecular weight is 299 g/mol. The smallest absolute Gasteiger partial charge is 0.142 e. The molecule has 1 atom stereocenters. The molecule has 0 amide bonds. The molecular weight excluding hydrogens is 277 g/mol. The van der Waals surface area contributed by atoms with Crippen LogP contribution >= 0.6 is 0 Å². The van der Waals surface area contributed by atoms with Gasteiger partial charge in [0.15, 0.2) is 0 Å². The molecule has 2 rings (SSSR count). The summed E-state index contributed by atoms with van der Waals surface area (Å²) in [7, 11) is -1.30. The molecule has 0 saturated carbocycles. The van der Waals surface area contributed by atoms with E-state index in [1.807, 2.05) is 0 Å². The Kier molecular flexibility index (Phi) is 5.98. The molecule has 1 aromatic carbocycles. The Morgan fingerprint density at radius 1 is 1.40 bits per heavy atom. The Hall–Kier alpha value is -0.940. The van der Waals surface area contributed by atoms with Gasteiger partial charge in [-0.2, -0.15) is 0 Å². The SMILES string of the molecule is CS(=O)c1ccc(OCCCC2CCNCC2)cc1F.